The summed E-state index contributed by atoms with van der Waals surface area (Å²) in [4.78, 5) is 23.4. The number of benzene rings is 1. The Bertz CT molecular complexity index is 1130. The van der Waals surface area contributed by atoms with Gasteiger partial charge in [-0.15, -0.1) is 0 Å². The fraction of sp³-hybridized carbons (Fsp3) is 0.462. The first-order valence-electron chi connectivity index (χ1n) is 12.3. The van der Waals surface area contributed by atoms with Crippen molar-refractivity contribution < 1.29 is 18.7 Å². The molecule has 1 saturated heterocycles. The van der Waals surface area contributed by atoms with Crippen molar-refractivity contribution >= 4 is 11.9 Å². The van der Waals surface area contributed by atoms with Crippen molar-refractivity contribution in [3.63, 3.8) is 0 Å². The highest BCUT2D eigenvalue weighted by molar-refractivity contribution is 5.94. The normalized spacial score (nSPS) is 14.1. The lowest BCUT2D eigenvalue weighted by Gasteiger charge is -2.32. The SMILES string of the molecule is COCCNC(=O)c1ccc(OCCCC2CCN(c3ncc(-c4ccnn4C)cn3)CC2)cc1F. The fourth-order valence-electron chi connectivity index (χ4n) is 4.39. The fourth-order valence-corrected chi connectivity index (χ4v) is 4.39. The molecule has 192 valence electrons. The van der Waals surface area contributed by atoms with E-state index in [1.54, 1.807) is 19.4 Å². The van der Waals surface area contributed by atoms with E-state index in [1.807, 2.05) is 30.2 Å². The molecule has 1 aliphatic heterocycles. The molecule has 3 aromatic rings. The van der Waals surface area contributed by atoms with Crippen LogP contribution in [0.5, 0.6) is 5.75 Å². The zero-order valence-corrected chi connectivity index (χ0v) is 20.8. The number of hydrogen-bond acceptors (Lipinski definition) is 7. The maximum atomic E-state index is 14.3. The van der Waals surface area contributed by atoms with Crippen molar-refractivity contribution in [2.75, 3.05) is 44.9 Å². The Labute approximate surface area is 210 Å². The van der Waals surface area contributed by atoms with Gasteiger partial charge in [-0.3, -0.25) is 9.48 Å². The van der Waals surface area contributed by atoms with E-state index in [-0.39, 0.29) is 5.56 Å². The first-order chi connectivity index (χ1) is 17.5. The second-order valence-electron chi connectivity index (χ2n) is 8.92. The van der Waals surface area contributed by atoms with Gasteiger partial charge in [0, 0.05) is 64.0 Å². The van der Waals surface area contributed by atoms with E-state index in [4.69, 9.17) is 9.47 Å². The Morgan fingerprint density at radius 3 is 2.61 bits per heavy atom. The standard InChI is InChI=1S/C26H33FN6O3/c1-32-24(7-10-31-32)20-17-29-26(30-18-20)33-12-8-19(9-13-33)4-3-14-36-21-5-6-22(23(27)16-21)25(34)28-11-15-35-2/h5-7,10,16-19H,3-4,8-9,11-15H2,1-2H3,(H,28,34). The summed E-state index contributed by atoms with van der Waals surface area (Å²) in [5.41, 5.74) is 1.94. The van der Waals surface area contributed by atoms with Gasteiger partial charge in [-0.1, -0.05) is 0 Å². The summed E-state index contributed by atoms with van der Waals surface area (Å²) in [5.74, 6) is 0.763. The van der Waals surface area contributed by atoms with Crippen LogP contribution in [-0.2, 0) is 11.8 Å². The highest BCUT2D eigenvalue weighted by atomic mass is 19.1. The quantitative estimate of drug-likeness (QED) is 0.406. The Kier molecular flexibility index (Phi) is 8.83. The highest BCUT2D eigenvalue weighted by Gasteiger charge is 2.21. The minimum atomic E-state index is -0.592. The molecule has 0 atom stereocenters. The van der Waals surface area contributed by atoms with Crippen molar-refractivity contribution in [3.05, 3.63) is 54.2 Å². The Morgan fingerprint density at radius 2 is 1.94 bits per heavy atom. The number of piperidine rings is 1. The van der Waals surface area contributed by atoms with Crippen LogP contribution in [0.4, 0.5) is 10.3 Å². The second-order valence-corrected chi connectivity index (χ2v) is 8.92. The predicted molar refractivity (Wildman–Crippen MR) is 135 cm³/mol. The number of amides is 1. The maximum Gasteiger partial charge on any atom is 0.254 e. The summed E-state index contributed by atoms with van der Waals surface area (Å²) in [6, 6.07) is 6.30. The zero-order valence-electron chi connectivity index (χ0n) is 20.8. The first kappa shape index (κ1) is 25.6. The number of anilines is 1. The third kappa shape index (κ3) is 6.57. The van der Waals surface area contributed by atoms with Crippen LogP contribution < -0.4 is 15.0 Å². The lowest BCUT2D eigenvalue weighted by atomic mass is 9.92. The van der Waals surface area contributed by atoms with Crippen LogP contribution >= 0.6 is 0 Å². The summed E-state index contributed by atoms with van der Waals surface area (Å²) in [5, 5.41) is 6.81. The third-order valence-electron chi connectivity index (χ3n) is 6.45. The Morgan fingerprint density at radius 1 is 1.17 bits per heavy atom. The Hall–Kier alpha value is -3.53. The number of ether oxygens (including phenoxy) is 2. The average Bonchev–Trinajstić information content (AvgIpc) is 3.33. The van der Waals surface area contributed by atoms with Crippen molar-refractivity contribution in [1.29, 1.82) is 0 Å². The largest absolute Gasteiger partial charge is 0.493 e. The van der Waals surface area contributed by atoms with Gasteiger partial charge in [-0.05, 0) is 49.8 Å². The van der Waals surface area contributed by atoms with E-state index < -0.39 is 11.7 Å². The molecule has 3 heterocycles. The van der Waals surface area contributed by atoms with Crippen LogP contribution in [0.2, 0.25) is 0 Å². The number of halogens is 1. The number of rotatable bonds is 11. The van der Waals surface area contributed by atoms with E-state index in [2.05, 4.69) is 25.3 Å². The van der Waals surface area contributed by atoms with Gasteiger partial charge in [0.2, 0.25) is 5.95 Å². The minimum absolute atomic E-state index is 0.000749. The first-order valence-corrected chi connectivity index (χ1v) is 12.3. The van der Waals surface area contributed by atoms with E-state index in [1.165, 1.54) is 12.1 Å². The van der Waals surface area contributed by atoms with E-state index in [0.717, 1.165) is 56.0 Å². The summed E-state index contributed by atoms with van der Waals surface area (Å²) in [7, 11) is 3.45. The molecule has 1 aliphatic rings. The number of nitrogens with zero attached hydrogens (tertiary/aromatic N) is 5. The van der Waals surface area contributed by atoms with E-state index >= 15 is 0 Å². The molecule has 0 radical (unpaired) electrons. The summed E-state index contributed by atoms with van der Waals surface area (Å²) >= 11 is 0. The van der Waals surface area contributed by atoms with Gasteiger partial charge in [0.1, 0.15) is 11.6 Å². The van der Waals surface area contributed by atoms with Gasteiger partial charge < -0.3 is 19.7 Å². The van der Waals surface area contributed by atoms with Gasteiger partial charge in [0.25, 0.3) is 5.91 Å². The molecule has 1 N–H and O–H groups in total. The van der Waals surface area contributed by atoms with E-state index in [9.17, 15) is 9.18 Å². The Balaban J connectivity index is 1.16. The minimum Gasteiger partial charge on any atom is -0.493 e. The van der Waals surface area contributed by atoms with Crippen molar-refractivity contribution in [2.24, 2.45) is 13.0 Å². The molecule has 1 aromatic carbocycles. The summed E-state index contributed by atoms with van der Waals surface area (Å²) in [6.07, 6.45) is 9.57. The topological polar surface area (TPSA) is 94.4 Å². The molecule has 1 amide bonds. The molecule has 1 fully saturated rings. The average molecular weight is 497 g/mol. The van der Waals surface area contributed by atoms with Crippen LogP contribution in [0.3, 0.4) is 0 Å². The number of hydrogen-bond donors (Lipinski definition) is 1. The molecule has 4 rings (SSSR count). The number of nitrogens with one attached hydrogen (secondary N) is 1. The molecule has 10 heteroatoms. The van der Waals surface area contributed by atoms with Crippen molar-refractivity contribution in [2.45, 2.75) is 25.7 Å². The smallest absolute Gasteiger partial charge is 0.254 e. The molecule has 2 aromatic heterocycles. The van der Waals surface area contributed by atoms with E-state index in [0.29, 0.717) is 31.4 Å². The monoisotopic (exact) mass is 496 g/mol. The molecular weight excluding hydrogens is 463 g/mol. The van der Waals surface area contributed by atoms with Crippen molar-refractivity contribution in [1.82, 2.24) is 25.1 Å². The third-order valence-corrected chi connectivity index (χ3v) is 6.45. The van der Waals surface area contributed by atoms with Gasteiger partial charge in [-0.2, -0.15) is 5.10 Å². The molecule has 36 heavy (non-hydrogen) atoms. The van der Waals surface area contributed by atoms with Crippen LogP contribution in [0, 0.1) is 11.7 Å². The molecule has 0 bridgehead atoms. The molecule has 9 nitrogen and oxygen atoms in total. The zero-order chi connectivity index (χ0) is 25.3. The molecule has 0 spiro atoms. The molecule has 0 unspecified atom stereocenters. The van der Waals surface area contributed by atoms with Gasteiger partial charge in [0.15, 0.2) is 0 Å². The number of aryl methyl sites for hydroxylation is 1. The lowest BCUT2D eigenvalue weighted by molar-refractivity contribution is 0.0933. The summed E-state index contributed by atoms with van der Waals surface area (Å²) < 4.78 is 26.7. The van der Waals surface area contributed by atoms with Crippen LogP contribution in [0.1, 0.15) is 36.0 Å². The van der Waals surface area contributed by atoms with Gasteiger partial charge in [-0.25, -0.2) is 14.4 Å². The number of carbonyl (C=O) groups excluding carboxylic acids is 1. The second kappa shape index (κ2) is 12.4. The lowest BCUT2D eigenvalue weighted by Crippen LogP contribution is -2.34. The van der Waals surface area contributed by atoms with Gasteiger partial charge in [0.05, 0.1) is 24.5 Å². The predicted octanol–water partition coefficient (Wildman–Crippen LogP) is 3.47. The molecular formula is C26H33FN6O3. The molecule has 0 saturated carbocycles. The number of aromatic nitrogens is 4. The van der Waals surface area contributed by atoms with Crippen LogP contribution in [0.15, 0.2) is 42.9 Å². The number of methoxy groups -OCH3 is 1. The maximum absolute atomic E-state index is 14.3. The van der Waals surface area contributed by atoms with Crippen molar-refractivity contribution in [3.8, 4) is 17.0 Å². The summed E-state index contributed by atoms with van der Waals surface area (Å²) in [6.45, 7) is 3.07. The highest BCUT2D eigenvalue weighted by Crippen LogP contribution is 2.25. The molecule has 0 aliphatic carbocycles. The number of carbonyl (C=O) groups is 1. The van der Waals surface area contributed by atoms with Gasteiger partial charge >= 0.3 is 0 Å². The van der Waals surface area contributed by atoms with Crippen LogP contribution in [0.25, 0.3) is 11.3 Å². The van der Waals surface area contributed by atoms with Crippen LogP contribution in [-0.4, -0.2) is 65.6 Å².